The van der Waals surface area contributed by atoms with Crippen LogP contribution in [-0.4, -0.2) is 53.5 Å². The van der Waals surface area contributed by atoms with E-state index in [9.17, 15) is 4.39 Å². The lowest BCUT2D eigenvalue weighted by atomic mass is 10.0. The van der Waals surface area contributed by atoms with Gasteiger partial charge in [-0.05, 0) is 85.1 Å². The van der Waals surface area contributed by atoms with E-state index < -0.39 is 6.50 Å². The number of benzene rings is 2. The molecule has 3 N–H and O–H groups in total. The molecule has 4 aromatic heterocycles. The van der Waals surface area contributed by atoms with Crippen molar-refractivity contribution in [3.05, 3.63) is 108 Å². The summed E-state index contributed by atoms with van der Waals surface area (Å²) in [4.78, 5) is 24.0. The number of hydrogen-bond acceptors (Lipinski definition) is 9. The van der Waals surface area contributed by atoms with Crippen molar-refractivity contribution >= 4 is 22.8 Å². The van der Waals surface area contributed by atoms with Gasteiger partial charge in [-0.25, -0.2) is 29.3 Å². The number of nitrogen functional groups attached to an aromatic ring is 1. The van der Waals surface area contributed by atoms with Crippen LogP contribution in [-0.2, 0) is 6.50 Å². The van der Waals surface area contributed by atoms with Gasteiger partial charge in [0.25, 0.3) is 0 Å². The SMILES string of the molecule is [2H]C([2H])(c1ccc(-n2c(-c3cccnc3N)nc3ccc(-c4ccc(F)cc4)nc32)cc1)N1CCC(Nc2ccnc(C#N)n2)CC1. The van der Waals surface area contributed by atoms with Crippen LogP contribution in [0.5, 0.6) is 0 Å². The molecular formula is C34H29FN10. The van der Waals surface area contributed by atoms with E-state index in [0.29, 0.717) is 71.4 Å². The van der Waals surface area contributed by atoms with E-state index in [4.69, 9.17) is 23.7 Å². The van der Waals surface area contributed by atoms with Gasteiger partial charge in [-0.1, -0.05) is 12.1 Å². The van der Waals surface area contributed by atoms with Crippen LogP contribution in [0.15, 0.2) is 91.3 Å². The minimum Gasteiger partial charge on any atom is -0.383 e. The van der Waals surface area contributed by atoms with Crippen LogP contribution < -0.4 is 11.1 Å². The van der Waals surface area contributed by atoms with E-state index >= 15 is 0 Å². The van der Waals surface area contributed by atoms with E-state index in [0.717, 1.165) is 11.3 Å². The summed E-state index contributed by atoms with van der Waals surface area (Å²) in [7, 11) is 0. The molecule has 0 aliphatic carbocycles. The Morgan fingerprint density at radius 2 is 1.73 bits per heavy atom. The van der Waals surface area contributed by atoms with Gasteiger partial charge < -0.3 is 11.1 Å². The molecule has 0 spiro atoms. The number of rotatable bonds is 7. The van der Waals surface area contributed by atoms with Gasteiger partial charge in [0, 0.05) is 52.0 Å². The van der Waals surface area contributed by atoms with E-state index in [-0.39, 0.29) is 17.7 Å². The number of nitrogens with one attached hydrogen (secondary N) is 1. The van der Waals surface area contributed by atoms with Gasteiger partial charge in [-0.2, -0.15) is 5.26 Å². The summed E-state index contributed by atoms with van der Waals surface area (Å²) in [5.41, 5.74) is 10.8. The van der Waals surface area contributed by atoms with E-state index in [1.807, 2.05) is 45.9 Å². The van der Waals surface area contributed by atoms with Crippen LogP contribution >= 0.6 is 0 Å². The van der Waals surface area contributed by atoms with E-state index in [1.165, 1.54) is 12.1 Å². The van der Waals surface area contributed by atoms with Gasteiger partial charge in [0.05, 0.1) is 11.3 Å². The highest BCUT2D eigenvalue weighted by Gasteiger charge is 2.21. The zero-order valence-electron chi connectivity index (χ0n) is 26.1. The lowest BCUT2D eigenvalue weighted by Gasteiger charge is -2.32. The largest absolute Gasteiger partial charge is 0.383 e. The second-order valence-electron chi connectivity index (χ2n) is 10.7. The molecule has 0 atom stereocenters. The number of likely N-dealkylation sites (tertiary alicyclic amines) is 1. The summed E-state index contributed by atoms with van der Waals surface area (Å²) in [6, 6.07) is 24.6. The first-order valence-corrected chi connectivity index (χ1v) is 14.5. The van der Waals surface area contributed by atoms with Gasteiger partial charge in [-0.15, -0.1) is 0 Å². The molecule has 1 fully saturated rings. The Labute approximate surface area is 261 Å². The molecule has 45 heavy (non-hydrogen) atoms. The lowest BCUT2D eigenvalue weighted by Crippen LogP contribution is -2.38. The second kappa shape index (κ2) is 12.1. The molecular weight excluding hydrogens is 567 g/mol. The Kier molecular flexibility index (Phi) is 6.92. The number of nitrogens with zero attached hydrogens (tertiary/aromatic N) is 8. The molecule has 0 radical (unpaired) electrons. The molecule has 222 valence electrons. The van der Waals surface area contributed by atoms with Crippen LogP contribution in [0.2, 0.25) is 0 Å². The van der Waals surface area contributed by atoms with Gasteiger partial charge in [0.1, 0.15) is 29.0 Å². The number of nitrogens with two attached hydrogens (primary N) is 1. The average Bonchev–Trinajstić information content (AvgIpc) is 3.48. The second-order valence-corrected chi connectivity index (χ2v) is 10.7. The topological polar surface area (TPSA) is 134 Å². The molecule has 11 heteroatoms. The van der Waals surface area contributed by atoms with Crippen LogP contribution in [0.4, 0.5) is 16.0 Å². The number of anilines is 2. The third-order valence-electron chi connectivity index (χ3n) is 7.74. The fourth-order valence-electron chi connectivity index (χ4n) is 5.48. The van der Waals surface area contributed by atoms with Crippen LogP contribution in [0.3, 0.4) is 0 Å². The molecule has 0 bridgehead atoms. The van der Waals surface area contributed by atoms with Gasteiger partial charge in [-0.3, -0.25) is 9.47 Å². The highest BCUT2D eigenvalue weighted by Crippen LogP contribution is 2.32. The maximum atomic E-state index is 13.6. The number of hydrogen-bond donors (Lipinski definition) is 2. The van der Waals surface area contributed by atoms with E-state index in [1.54, 1.807) is 48.8 Å². The van der Waals surface area contributed by atoms with Crippen molar-refractivity contribution in [2.24, 2.45) is 0 Å². The van der Waals surface area contributed by atoms with Crippen molar-refractivity contribution in [2.45, 2.75) is 25.4 Å². The van der Waals surface area contributed by atoms with Crippen molar-refractivity contribution in [1.29, 1.82) is 5.26 Å². The number of fused-ring (bicyclic) bond motifs is 1. The van der Waals surface area contributed by atoms with E-state index in [2.05, 4.69) is 20.3 Å². The maximum Gasteiger partial charge on any atom is 0.234 e. The van der Waals surface area contributed by atoms with Crippen LogP contribution in [0.1, 0.15) is 27.0 Å². The Morgan fingerprint density at radius 3 is 2.49 bits per heavy atom. The number of pyridine rings is 2. The average molecular weight is 599 g/mol. The molecule has 1 saturated heterocycles. The molecule has 0 saturated carbocycles. The first-order valence-electron chi connectivity index (χ1n) is 15.5. The summed E-state index contributed by atoms with van der Waals surface area (Å²) < 4.78 is 33.6. The molecule has 2 aromatic carbocycles. The molecule has 5 heterocycles. The minimum atomic E-state index is -1.71. The fraction of sp³-hybridized carbons (Fsp3) is 0.176. The monoisotopic (exact) mass is 598 g/mol. The highest BCUT2D eigenvalue weighted by atomic mass is 19.1. The zero-order chi connectivity index (χ0) is 32.5. The Balaban J connectivity index is 1.18. The van der Waals surface area contributed by atoms with Crippen molar-refractivity contribution < 1.29 is 7.13 Å². The van der Waals surface area contributed by atoms with Crippen molar-refractivity contribution in [3.8, 4) is 34.4 Å². The van der Waals surface area contributed by atoms with Gasteiger partial charge >= 0.3 is 0 Å². The summed E-state index contributed by atoms with van der Waals surface area (Å²) in [6.07, 6.45) is 4.59. The van der Waals surface area contributed by atoms with Crippen molar-refractivity contribution in [3.63, 3.8) is 0 Å². The molecule has 0 amide bonds. The van der Waals surface area contributed by atoms with Crippen molar-refractivity contribution in [1.82, 2.24) is 34.4 Å². The number of aromatic nitrogens is 6. The maximum absolute atomic E-state index is 13.6. The third kappa shape index (κ3) is 5.91. The van der Waals surface area contributed by atoms with Gasteiger partial charge in [0.15, 0.2) is 11.5 Å². The van der Waals surface area contributed by atoms with Crippen LogP contribution in [0.25, 0.3) is 39.5 Å². The zero-order valence-corrected chi connectivity index (χ0v) is 24.1. The summed E-state index contributed by atoms with van der Waals surface area (Å²) in [5, 5.41) is 12.4. The summed E-state index contributed by atoms with van der Waals surface area (Å²) in [6.45, 7) is -0.640. The minimum absolute atomic E-state index is 0.103. The normalized spacial score (nSPS) is 14.9. The number of nitriles is 1. The standard InChI is InChI=1S/C34H29FN10/c35-24-7-5-23(6-8-24)28-11-12-29-34(41-28)45(33(42-29)27-2-1-16-39-32(27)37)26-9-3-22(4-10-26)21-44-18-14-25(15-19-44)40-30-13-17-38-31(20-36)43-30/h1-13,16-17,25H,14-15,18-19,21H2,(H2,37,39)(H,38,40,43)/i21D2. The third-order valence-corrected chi connectivity index (χ3v) is 7.74. The molecule has 7 rings (SSSR count). The summed E-state index contributed by atoms with van der Waals surface area (Å²) >= 11 is 0. The van der Waals surface area contributed by atoms with Gasteiger partial charge in [0.2, 0.25) is 5.82 Å². The Bertz CT molecular complexity index is 2100. The molecule has 0 unspecified atom stereocenters. The first kappa shape index (κ1) is 25.7. The molecule has 10 nitrogen and oxygen atoms in total. The summed E-state index contributed by atoms with van der Waals surface area (Å²) in [5.74, 6) is 1.24. The Morgan fingerprint density at radius 1 is 0.933 bits per heavy atom. The Hall–Kier alpha value is -5.73. The smallest absolute Gasteiger partial charge is 0.234 e. The molecule has 1 aliphatic rings. The molecule has 1 aliphatic heterocycles. The number of imidazole rings is 1. The van der Waals surface area contributed by atoms with Crippen LogP contribution in [0, 0.1) is 17.1 Å². The fourth-order valence-corrected chi connectivity index (χ4v) is 5.48. The predicted octanol–water partition coefficient (Wildman–Crippen LogP) is 5.61. The highest BCUT2D eigenvalue weighted by molar-refractivity contribution is 5.84. The molecule has 6 aromatic rings. The number of piperidine rings is 1. The predicted molar refractivity (Wildman–Crippen MR) is 171 cm³/mol. The first-order chi connectivity index (χ1) is 22.8. The number of halogens is 1. The van der Waals surface area contributed by atoms with Crippen molar-refractivity contribution in [2.75, 3.05) is 24.1 Å². The quantitative estimate of drug-likeness (QED) is 0.240. The lowest BCUT2D eigenvalue weighted by molar-refractivity contribution is 0.211.